The Morgan fingerprint density at radius 3 is 2.17 bits per heavy atom. The van der Waals surface area contributed by atoms with E-state index in [1.165, 1.54) is 15.6 Å². The number of hydrogen-bond acceptors (Lipinski definition) is 4. The van der Waals surface area contributed by atoms with Gasteiger partial charge in [0.1, 0.15) is 11.2 Å². The van der Waals surface area contributed by atoms with Gasteiger partial charge in [0.05, 0.1) is 21.8 Å². The molecular weight excluding hydrogens is 508 g/mol. The largest absolute Gasteiger partial charge is 0.455 e. The molecule has 0 N–H and O–H groups in total. The lowest BCUT2D eigenvalue weighted by Crippen LogP contribution is -1.95. The molecule has 8 aromatic rings. The quantitative estimate of drug-likeness (QED) is 0.227. The summed E-state index contributed by atoms with van der Waals surface area (Å²) in [5, 5.41) is 3.38. The summed E-state index contributed by atoms with van der Waals surface area (Å²) < 4.78 is 7.62. The maximum Gasteiger partial charge on any atom is 0.164 e. The molecule has 0 unspecified atom stereocenters. The van der Waals surface area contributed by atoms with Crippen molar-refractivity contribution < 1.29 is 4.42 Å². The van der Waals surface area contributed by atoms with Crippen LogP contribution in [0.1, 0.15) is 0 Å². The van der Waals surface area contributed by atoms with Crippen molar-refractivity contribution >= 4 is 43.4 Å². The monoisotopic (exact) mass is 530 g/mol. The fraction of sp³-hybridized carbons (Fsp3) is 0. The summed E-state index contributed by atoms with van der Waals surface area (Å²) in [6, 6.07) is 46.2. The zero-order valence-electron chi connectivity index (χ0n) is 21.4. The van der Waals surface area contributed by atoms with Crippen LogP contribution in [0.3, 0.4) is 0 Å². The highest BCUT2D eigenvalue weighted by Gasteiger charge is 2.17. The van der Waals surface area contributed by atoms with Gasteiger partial charge >= 0.3 is 0 Å². The molecule has 40 heavy (non-hydrogen) atoms. The predicted octanol–water partition coefficient (Wildman–Crippen LogP) is 10.3. The second-order valence-electron chi connectivity index (χ2n) is 9.84. The summed E-state index contributed by atoms with van der Waals surface area (Å²) in [6.07, 6.45) is 0. The van der Waals surface area contributed by atoms with Gasteiger partial charge in [-0.15, -0.1) is 11.3 Å². The van der Waals surface area contributed by atoms with Crippen LogP contribution in [-0.2, 0) is 0 Å². The first-order valence-corrected chi connectivity index (χ1v) is 14.1. The number of thiophene rings is 1. The summed E-state index contributed by atoms with van der Waals surface area (Å²) in [4.78, 5) is 11.4. The van der Waals surface area contributed by atoms with Crippen LogP contribution in [0.4, 0.5) is 0 Å². The Morgan fingerprint density at radius 2 is 1.25 bits per heavy atom. The third-order valence-electron chi connectivity index (χ3n) is 7.31. The predicted molar refractivity (Wildman–Crippen MR) is 166 cm³/mol. The van der Waals surface area contributed by atoms with Gasteiger partial charge in [-0.25, -0.2) is 9.97 Å². The average Bonchev–Trinajstić information content (AvgIpc) is 3.63. The first kappa shape index (κ1) is 22.9. The van der Waals surface area contributed by atoms with Crippen molar-refractivity contribution in [3.05, 3.63) is 133 Å². The number of hydrogen-bond donors (Lipinski definition) is 0. The molecule has 0 atom stereocenters. The molecule has 3 heterocycles. The molecule has 0 bridgehead atoms. The average molecular weight is 531 g/mol. The van der Waals surface area contributed by atoms with E-state index in [1.54, 1.807) is 11.3 Å². The van der Waals surface area contributed by atoms with Crippen molar-refractivity contribution in [2.24, 2.45) is 0 Å². The van der Waals surface area contributed by atoms with Crippen molar-refractivity contribution in [2.45, 2.75) is 0 Å². The molecule has 0 fully saturated rings. The van der Waals surface area contributed by atoms with E-state index in [2.05, 4.69) is 109 Å². The van der Waals surface area contributed by atoms with Gasteiger partial charge in [-0.1, -0.05) is 97.1 Å². The van der Waals surface area contributed by atoms with Gasteiger partial charge < -0.3 is 4.42 Å². The minimum absolute atomic E-state index is 0.653. The maximum absolute atomic E-state index is 6.38. The van der Waals surface area contributed by atoms with Gasteiger partial charge in [0.25, 0.3) is 0 Å². The highest BCUT2D eigenvalue weighted by Crippen LogP contribution is 2.38. The van der Waals surface area contributed by atoms with Crippen LogP contribution in [-0.4, -0.2) is 9.97 Å². The molecule has 8 rings (SSSR count). The number of benzene rings is 5. The van der Waals surface area contributed by atoms with Crippen molar-refractivity contribution in [1.82, 2.24) is 9.97 Å². The van der Waals surface area contributed by atoms with Gasteiger partial charge in [0.15, 0.2) is 5.82 Å². The SMILES string of the molecule is c1ccc(-c2cccc(-c3cc(-c4cc5ccccc5s4)nc(-c4cccc5c4oc4ccccc45)n3)c2)cc1. The summed E-state index contributed by atoms with van der Waals surface area (Å²) in [5.74, 6) is 0.653. The van der Waals surface area contributed by atoms with Crippen LogP contribution in [0.25, 0.3) is 76.4 Å². The minimum Gasteiger partial charge on any atom is -0.455 e. The summed E-state index contributed by atoms with van der Waals surface area (Å²) >= 11 is 1.75. The van der Waals surface area contributed by atoms with Gasteiger partial charge in [0, 0.05) is 21.0 Å². The standard InChI is InChI=1S/C36H22N2OS/c1-2-10-23(11-3-1)24-13-8-14-25(20-24)30-22-31(34-21-26-12-4-7-19-33(26)40-34)38-36(37-30)29-17-9-16-28-27-15-5-6-18-32(27)39-35(28)29/h1-22H. The number of furan rings is 1. The number of para-hydroxylation sites is 2. The van der Waals surface area contributed by atoms with Crippen molar-refractivity contribution in [1.29, 1.82) is 0 Å². The molecule has 3 aromatic heterocycles. The Balaban J connectivity index is 1.36. The Bertz CT molecular complexity index is 2140. The van der Waals surface area contributed by atoms with E-state index in [0.717, 1.165) is 54.9 Å². The number of nitrogens with zero attached hydrogens (tertiary/aromatic N) is 2. The zero-order valence-corrected chi connectivity index (χ0v) is 22.2. The van der Waals surface area contributed by atoms with E-state index < -0.39 is 0 Å². The normalized spacial score (nSPS) is 11.5. The summed E-state index contributed by atoms with van der Waals surface area (Å²) in [7, 11) is 0. The second-order valence-corrected chi connectivity index (χ2v) is 10.9. The molecular formula is C36H22N2OS. The highest BCUT2D eigenvalue weighted by atomic mass is 32.1. The lowest BCUT2D eigenvalue weighted by atomic mass is 10.0. The Labute approximate surface area is 235 Å². The molecule has 0 saturated carbocycles. The number of aromatic nitrogens is 2. The van der Waals surface area contributed by atoms with E-state index in [1.807, 2.05) is 24.3 Å². The van der Waals surface area contributed by atoms with Gasteiger partial charge in [-0.05, 0) is 52.9 Å². The second kappa shape index (κ2) is 9.30. The number of rotatable bonds is 4. The van der Waals surface area contributed by atoms with E-state index >= 15 is 0 Å². The van der Waals surface area contributed by atoms with Gasteiger partial charge in [0.2, 0.25) is 0 Å². The maximum atomic E-state index is 6.38. The molecule has 0 radical (unpaired) electrons. The van der Waals surface area contributed by atoms with Crippen LogP contribution >= 0.6 is 11.3 Å². The molecule has 0 saturated heterocycles. The molecule has 0 aliphatic heterocycles. The molecule has 0 amide bonds. The molecule has 3 nitrogen and oxygen atoms in total. The topological polar surface area (TPSA) is 38.9 Å². The first-order chi connectivity index (χ1) is 19.8. The molecule has 4 heteroatoms. The summed E-state index contributed by atoms with van der Waals surface area (Å²) in [6.45, 7) is 0. The van der Waals surface area contributed by atoms with Crippen molar-refractivity contribution in [3.63, 3.8) is 0 Å². The molecule has 5 aromatic carbocycles. The highest BCUT2D eigenvalue weighted by molar-refractivity contribution is 7.22. The third kappa shape index (κ3) is 3.89. The van der Waals surface area contributed by atoms with Crippen LogP contribution in [0.2, 0.25) is 0 Å². The van der Waals surface area contributed by atoms with E-state index in [-0.39, 0.29) is 0 Å². The smallest absolute Gasteiger partial charge is 0.164 e. The molecule has 0 aliphatic carbocycles. The minimum atomic E-state index is 0.653. The van der Waals surface area contributed by atoms with Crippen LogP contribution in [0.5, 0.6) is 0 Å². The van der Waals surface area contributed by atoms with Gasteiger partial charge in [-0.2, -0.15) is 0 Å². The Hall–Kier alpha value is -5.06. The summed E-state index contributed by atoms with van der Waals surface area (Å²) in [5.41, 5.74) is 7.71. The third-order valence-corrected chi connectivity index (χ3v) is 8.45. The van der Waals surface area contributed by atoms with Crippen LogP contribution in [0.15, 0.2) is 138 Å². The van der Waals surface area contributed by atoms with Crippen LogP contribution < -0.4 is 0 Å². The Morgan fingerprint density at radius 1 is 0.525 bits per heavy atom. The molecule has 0 aliphatic rings. The van der Waals surface area contributed by atoms with Gasteiger partial charge in [-0.3, -0.25) is 0 Å². The number of fused-ring (bicyclic) bond motifs is 4. The fourth-order valence-corrected chi connectivity index (χ4v) is 6.39. The zero-order chi connectivity index (χ0) is 26.5. The van der Waals surface area contributed by atoms with E-state index in [0.29, 0.717) is 5.82 Å². The molecule has 0 spiro atoms. The first-order valence-electron chi connectivity index (χ1n) is 13.2. The van der Waals surface area contributed by atoms with Crippen molar-refractivity contribution in [2.75, 3.05) is 0 Å². The van der Waals surface area contributed by atoms with Crippen LogP contribution in [0, 0.1) is 0 Å². The van der Waals surface area contributed by atoms with Crippen molar-refractivity contribution in [3.8, 4) is 44.3 Å². The van der Waals surface area contributed by atoms with E-state index in [4.69, 9.17) is 14.4 Å². The lowest BCUT2D eigenvalue weighted by Gasteiger charge is -2.10. The van der Waals surface area contributed by atoms with E-state index in [9.17, 15) is 0 Å². The fourth-order valence-electron chi connectivity index (χ4n) is 5.36. The Kier molecular flexibility index (Phi) is 5.32. The lowest BCUT2D eigenvalue weighted by molar-refractivity contribution is 0.669. The molecule has 188 valence electrons.